The molecule has 0 aliphatic heterocycles. The Labute approximate surface area is 287 Å². The predicted octanol–water partition coefficient (Wildman–Crippen LogP) is 11.3. The molecule has 0 aliphatic rings. The Morgan fingerprint density at radius 1 is 0.522 bits per heavy atom. The van der Waals surface area contributed by atoms with Crippen LogP contribution in [0.25, 0.3) is 0 Å². The molecule has 3 unspecified atom stereocenters. The van der Waals surface area contributed by atoms with Gasteiger partial charge in [0.2, 0.25) is 5.91 Å². The average Bonchev–Trinajstić information content (AvgIpc) is 3.06. The van der Waals surface area contributed by atoms with Crippen molar-refractivity contribution in [2.75, 3.05) is 6.61 Å². The summed E-state index contributed by atoms with van der Waals surface area (Å²) in [6.45, 7) is 4.17. The fraction of sp³-hybridized carbons (Fsp3) is 0.927. The van der Waals surface area contributed by atoms with Gasteiger partial charge in [-0.3, -0.25) is 4.79 Å². The van der Waals surface area contributed by atoms with Crippen LogP contribution < -0.4 is 5.32 Å². The van der Waals surface area contributed by atoms with E-state index in [1.54, 1.807) is 6.08 Å². The lowest BCUT2D eigenvalue weighted by Crippen LogP contribution is -2.48. The third-order valence-corrected chi connectivity index (χ3v) is 9.63. The first kappa shape index (κ1) is 45.1. The predicted molar refractivity (Wildman–Crippen MR) is 199 cm³/mol. The zero-order chi connectivity index (χ0) is 33.8. The maximum Gasteiger partial charge on any atom is 0.249 e. The van der Waals surface area contributed by atoms with Crippen LogP contribution in [0.15, 0.2) is 12.2 Å². The van der Waals surface area contributed by atoms with Crippen LogP contribution in [0.2, 0.25) is 0 Å². The van der Waals surface area contributed by atoms with Gasteiger partial charge >= 0.3 is 0 Å². The summed E-state index contributed by atoms with van der Waals surface area (Å²) in [4.78, 5) is 12.4. The second-order valence-electron chi connectivity index (χ2n) is 14.2. The highest BCUT2D eigenvalue weighted by Crippen LogP contribution is 2.16. The first-order valence-corrected chi connectivity index (χ1v) is 20.5. The number of carbonyl (C=O) groups is 1. The lowest BCUT2D eigenvalue weighted by molar-refractivity contribution is -0.131. The van der Waals surface area contributed by atoms with Gasteiger partial charge in [-0.25, -0.2) is 0 Å². The van der Waals surface area contributed by atoms with E-state index in [1.165, 1.54) is 167 Å². The van der Waals surface area contributed by atoms with E-state index in [0.717, 1.165) is 32.1 Å². The van der Waals surface area contributed by atoms with E-state index < -0.39 is 24.2 Å². The van der Waals surface area contributed by atoms with E-state index in [0.29, 0.717) is 6.42 Å². The number of hydrogen-bond acceptors (Lipinski definition) is 4. The first-order valence-electron chi connectivity index (χ1n) is 20.5. The number of hydrogen-bond donors (Lipinski definition) is 4. The number of aliphatic hydroxyl groups is 3. The summed E-state index contributed by atoms with van der Waals surface area (Å²) in [7, 11) is 0. The fourth-order valence-corrected chi connectivity index (χ4v) is 6.36. The molecule has 46 heavy (non-hydrogen) atoms. The topological polar surface area (TPSA) is 89.8 Å². The minimum Gasteiger partial charge on any atom is -0.394 e. The quantitative estimate of drug-likeness (QED) is 0.0397. The van der Waals surface area contributed by atoms with Crippen LogP contribution in [0.5, 0.6) is 0 Å². The number of aliphatic hydroxyl groups excluding tert-OH is 3. The molecule has 0 radical (unpaired) electrons. The summed E-state index contributed by atoms with van der Waals surface area (Å²) in [6, 6.07) is -0.791. The van der Waals surface area contributed by atoms with Crippen molar-refractivity contribution in [1.82, 2.24) is 5.32 Å². The van der Waals surface area contributed by atoms with Crippen molar-refractivity contribution in [3.05, 3.63) is 12.2 Å². The van der Waals surface area contributed by atoms with Crippen molar-refractivity contribution in [2.45, 2.75) is 238 Å². The summed E-state index contributed by atoms with van der Waals surface area (Å²) >= 11 is 0. The zero-order valence-electron chi connectivity index (χ0n) is 31.0. The van der Waals surface area contributed by atoms with Crippen molar-refractivity contribution in [2.24, 2.45) is 0 Å². The second kappa shape index (κ2) is 36.9. The molecule has 0 spiro atoms. The van der Waals surface area contributed by atoms with Crippen molar-refractivity contribution in [1.29, 1.82) is 0 Å². The molecule has 0 heterocycles. The average molecular weight is 652 g/mol. The van der Waals surface area contributed by atoms with Crippen LogP contribution in [0.3, 0.4) is 0 Å². The normalized spacial score (nSPS) is 13.8. The highest BCUT2D eigenvalue weighted by Gasteiger charge is 2.22. The number of rotatable bonds is 37. The van der Waals surface area contributed by atoms with Gasteiger partial charge in [-0.15, -0.1) is 0 Å². The van der Waals surface area contributed by atoms with Crippen molar-refractivity contribution < 1.29 is 20.1 Å². The molecule has 4 N–H and O–H groups in total. The number of nitrogens with one attached hydrogen (secondary N) is 1. The Morgan fingerprint density at radius 2 is 0.848 bits per heavy atom. The van der Waals surface area contributed by atoms with Crippen molar-refractivity contribution >= 4 is 5.91 Å². The van der Waals surface area contributed by atoms with Gasteiger partial charge in [-0.2, -0.15) is 0 Å². The Morgan fingerprint density at radius 3 is 1.20 bits per heavy atom. The summed E-state index contributed by atoms with van der Waals surface area (Å²) in [5, 5.41) is 33.0. The molecule has 274 valence electrons. The number of amides is 1. The summed E-state index contributed by atoms with van der Waals surface area (Å²) in [5.74, 6) is -0.502. The molecule has 0 aliphatic carbocycles. The molecule has 0 saturated carbocycles. The van der Waals surface area contributed by atoms with E-state index in [4.69, 9.17) is 0 Å². The third kappa shape index (κ3) is 31.7. The lowest BCUT2D eigenvalue weighted by atomic mass is 10.0. The Bertz CT molecular complexity index is 640. The minimum atomic E-state index is -1.09. The van der Waals surface area contributed by atoms with Crippen LogP contribution in [-0.4, -0.2) is 46.1 Å². The molecule has 0 bridgehead atoms. The molecule has 3 atom stereocenters. The highest BCUT2D eigenvalue weighted by molar-refractivity contribution is 5.80. The molecule has 0 saturated heterocycles. The SMILES string of the molecule is CCCCCCCCCCCCCCCCCCCCC/C=C/C(O)C(CO)NC(=O)C(O)CCCCCCCCCCCCC. The van der Waals surface area contributed by atoms with Gasteiger partial charge in [0.05, 0.1) is 18.8 Å². The van der Waals surface area contributed by atoms with Crippen LogP contribution in [0, 0.1) is 0 Å². The van der Waals surface area contributed by atoms with Crippen LogP contribution >= 0.6 is 0 Å². The molecular formula is C41H81NO4. The van der Waals surface area contributed by atoms with Gasteiger partial charge < -0.3 is 20.6 Å². The van der Waals surface area contributed by atoms with Gasteiger partial charge in [0.15, 0.2) is 0 Å². The molecule has 1 amide bonds. The molecule has 0 rings (SSSR count). The van der Waals surface area contributed by atoms with Crippen molar-refractivity contribution in [3.8, 4) is 0 Å². The maximum atomic E-state index is 12.4. The lowest BCUT2D eigenvalue weighted by Gasteiger charge is -2.21. The standard InChI is InChI=1S/C41H81NO4/c1-3-5-7-9-11-13-15-16-17-18-19-20-21-22-23-24-26-27-29-31-33-35-39(44)38(37-43)42-41(46)40(45)36-34-32-30-28-25-14-12-10-8-6-4-2/h33,35,38-40,43-45H,3-32,34,36-37H2,1-2H3,(H,42,46)/b35-33+. The highest BCUT2D eigenvalue weighted by atomic mass is 16.3. The number of unbranched alkanes of at least 4 members (excludes halogenated alkanes) is 29. The van der Waals surface area contributed by atoms with Crippen LogP contribution in [0.4, 0.5) is 0 Å². The zero-order valence-corrected chi connectivity index (χ0v) is 31.0. The van der Waals surface area contributed by atoms with Crippen LogP contribution in [-0.2, 0) is 4.79 Å². The van der Waals surface area contributed by atoms with E-state index in [1.807, 2.05) is 6.08 Å². The van der Waals surface area contributed by atoms with Gasteiger partial charge in [0, 0.05) is 0 Å². The molecular weight excluding hydrogens is 570 g/mol. The fourth-order valence-electron chi connectivity index (χ4n) is 6.36. The summed E-state index contributed by atoms with van der Waals surface area (Å²) < 4.78 is 0. The second-order valence-corrected chi connectivity index (χ2v) is 14.2. The van der Waals surface area contributed by atoms with Crippen LogP contribution in [0.1, 0.15) is 219 Å². The molecule has 0 aromatic rings. The molecule has 0 aromatic heterocycles. The van der Waals surface area contributed by atoms with E-state index >= 15 is 0 Å². The Balaban J connectivity index is 3.64. The van der Waals surface area contributed by atoms with E-state index in [2.05, 4.69) is 19.2 Å². The van der Waals surface area contributed by atoms with Gasteiger partial charge in [-0.05, 0) is 19.3 Å². The summed E-state index contributed by atoms with van der Waals surface area (Å²) in [6.07, 6.45) is 42.4. The third-order valence-electron chi connectivity index (χ3n) is 9.63. The van der Waals surface area contributed by atoms with E-state index in [9.17, 15) is 20.1 Å². The first-order chi connectivity index (χ1) is 22.6. The van der Waals surface area contributed by atoms with E-state index in [-0.39, 0.29) is 6.61 Å². The number of carbonyl (C=O) groups excluding carboxylic acids is 1. The monoisotopic (exact) mass is 652 g/mol. The molecule has 5 heteroatoms. The van der Waals surface area contributed by atoms with Gasteiger partial charge in [0.1, 0.15) is 6.10 Å². The molecule has 0 aromatic carbocycles. The van der Waals surface area contributed by atoms with Crippen molar-refractivity contribution in [3.63, 3.8) is 0 Å². The largest absolute Gasteiger partial charge is 0.394 e. The maximum absolute atomic E-state index is 12.4. The number of allylic oxidation sites excluding steroid dienone is 1. The van der Waals surface area contributed by atoms with Gasteiger partial charge in [-0.1, -0.05) is 212 Å². The Hall–Kier alpha value is -0.910. The Kier molecular flexibility index (Phi) is 36.2. The minimum absolute atomic E-state index is 0.359. The summed E-state index contributed by atoms with van der Waals surface area (Å²) in [5.41, 5.74) is 0. The smallest absolute Gasteiger partial charge is 0.249 e. The molecule has 0 fully saturated rings. The van der Waals surface area contributed by atoms with Gasteiger partial charge in [0.25, 0.3) is 0 Å². The molecule has 5 nitrogen and oxygen atoms in total.